The molecule has 1 saturated carbocycles. The standard InChI is InChI=1S/C14H28N2OS/c1-3-5-10-18-12-7-6-8-14(11-12,13(15)17)16-9-4-2/h12,16H,3-11H2,1-2H3,(H2,15,17). The first kappa shape index (κ1) is 15.8. The third kappa shape index (κ3) is 4.47. The topological polar surface area (TPSA) is 55.1 Å². The molecule has 2 atom stereocenters. The Bertz CT molecular complexity index is 260. The van der Waals surface area contributed by atoms with Crippen molar-refractivity contribution in [1.29, 1.82) is 0 Å². The summed E-state index contributed by atoms with van der Waals surface area (Å²) in [5.74, 6) is 1.06. The van der Waals surface area contributed by atoms with Crippen LogP contribution in [0.3, 0.4) is 0 Å². The van der Waals surface area contributed by atoms with Crippen LogP contribution in [0.4, 0.5) is 0 Å². The summed E-state index contributed by atoms with van der Waals surface area (Å²) in [6.07, 6.45) is 7.73. The first-order valence-corrected chi connectivity index (χ1v) is 8.36. The van der Waals surface area contributed by atoms with Gasteiger partial charge in [0.25, 0.3) is 0 Å². The normalized spacial score (nSPS) is 28.2. The van der Waals surface area contributed by atoms with Crippen LogP contribution in [-0.4, -0.2) is 29.0 Å². The van der Waals surface area contributed by atoms with Crippen LogP contribution < -0.4 is 11.1 Å². The van der Waals surface area contributed by atoms with E-state index in [0.29, 0.717) is 5.25 Å². The van der Waals surface area contributed by atoms with Crippen molar-refractivity contribution in [3.63, 3.8) is 0 Å². The molecule has 0 bridgehead atoms. The average molecular weight is 272 g/mol. The number of nitrogens with two attached hydrogens (primary N) is 1. The van der Waals surface area contributed by atoms with Gasteiger partial charge in [0.15, 0.2) is 0 Å². The summed E-state index contributed by atoms with van der Waals surface area (Å²) in [4.78, 5) is 11.8. The van der Waals surface area contributed by atoms with Crippen LogP contribution in [0.25, 0.3) is 0 Å². The number of unbranched alkanes of at least 4 members (excludes halogenated alkanes) is 1. The highest BCUT2D eigenvalue weighted by Crippen LogP contribution is 2.35. The zero-order chi connectivity index (χ0) is 13.4. The van der Waals surface area contributed by atoms with E-state index in [1.165, 1.54) is 25.0 Å². The van der Waals surface area contributed by atoms with Crippen molar-refractivity contribution >= 4 is 17.7 Å². The van der Waals surface area contributed by atoms with Gasteiger partial charge >= 0.3 is 0 Å². The molecule has 3 nitrogen and oxygen atoms in total. The number of hydrogen-bond donors (Lipinski definition) is 2. The Morgan fingerprint density at radius 2 is 2.22 bits per heavy atom. The molecular formula is C14H28N2OS. The molecule has 1 rings (SSSR count). The summed E-state index contributed by atoms with van der Waals surface area (Å²) < 4.78 is 0. The highest BCUT2D eigenvalue weighted by atomic mass is 32.2. The van der Waals surface area contributed by atoms with Crippen LogP contribution in [0.15, 0.2) is 0 Å². The molecule has 2 unspecified atom stereocenters. The number of primary amides is 1. The summed E-state index contributed by atoms with van der Waals surface area (Å²) in [7, 11) is 0. The van der Waals surface area contributed by atoms with Crippen molar-refractivity contribution in [3.05, 3.63) is 0 Å². The van der Waals surface area contributed by atoms with Gasteiger partial charge in [-0.05, 0) is 50.8 Å². The van der Waals surface area contributed by atoms with Gasteiger partial charge < -0.3 is 11.1 Å². The molecular weight excluding hydrogens is 244 g/mol. The third-order valence-electron chi connectivity index (χ3n) is 3.74. The van der Waals surface area contributed by atoms with Crippen LogP contribution in [0.1, 0.15) is 58.8 Å². The van der Waals surface area contributed by atoms with E-state index in [1.54, 1.807) is 0 Å². The van der Waals surface area contributed by atoms with Crippen molar-refractivity contribution < 1.29 is 4.79 Å². The van der Waals surface area contributed by atoms with E-state index in [-0.39, 0.29) is 5.91 Å². The fraction of sp³-hybridized carbons (Fsp3) is 0.929. The lowest BCUT2D eigenvalue weighted by Gasteiger charge is -2.39. The predicted octanol–water partition coefficient (Wildman–Crippen LogP) is 2.69. The van der Waals surface area contributed by atoms with Crippen molar-refractivity contribution in [2.24, 2.45) is 5.73 Å². The van der Waals surface area contributed by atoms with Crippen LogP contribution in [0, 0.1) is 0 Å². The molecule has 0 saturated heterocycles. The molecule has 3 N–H and O–H groups in total. The molecule has 1 amide bonds. The quantitative estimate of drug-likeness (QED) is 0.668. The average Bonchev–Trinajstić information content (AvgIpc) is 2.37. The lowest BCUT2D eigenvalue weighted by atomic mass is 9.80. The molecule has 1 aliphatic rings. The Morgan fingerprint density at radius 3 is 2.83 bits per heavy atom. The van der Waals surface area contributed by atoms with Gasteiger partial charge in [-0.2, -0.15) is 11.8 Å². The Balaban J connectivity index is 2.53. The molecule has 0 radical (unpaired) electrons. The van der Waals surface area contributed by atoms with Crippen LogP contribution in [-0.2, 0) is 4.79 Å². The van der Waals surface area contributed by atoms with E-state index in [9.17, 15) is 4.79 Å². The van der Waals surface area contributed by atoms with E-state index in [4.69, 9.17) is 5.73 Å². The van der Waals surface area contributed by atoms with Crippen LogP contribution in [0.5, 0.6) is 0 Å². The minimum Gasteiger partial charge on any atom is -0.368 e. The van der Waals surface area contributed by atoms with E-state index in [2.05, 4.69) is 19.2 Å². The zero-order valence-electron chi connectivity index (χ0n) is 11.8. The summed E-state index contributed by atoms with van der Waals surface area (Å²) in [6.45, 7) is 5.23. The number of carbonyl (C=O) groups excluding carboxylic acids is 1. The Morgan fingerprint density at radius 1 is 1.44 bits per heavy atom. The minimum atomic E-state index is -0.432. The highest BCUT2D eigenvalue weighted by Gasteiger charge is 2.40. The number of rotatable bonds is 8. The van der Waals surface area contributed by atoms with Crippen molar-refractivity contribution in [2.75, 3.05) is 12.3 Å². The Labute approximate surface area is 116 Å². The molecule has 0 heterocycles. The summed E-state index contributed by atoms with van der Waals surface area (Å²) in [5, 5.41) is 4.02. The van der Waals surface area contributed by atoms with Gasteiger partial charge in [-0.15, -0.1) is 0 Å². The maximum atomic E-state index is 11.8. The molecule has 1 aliphatic carbocycles. The molecule has 0 aromatic heterocycles. The fourth-order valence-electron chi connectivity index (χ4n) is 2.60. The maximum absolute atomic E-state index is 11.8. The van der Waals surface area contributed by atoms with Gasteiger partial charge in [0, 0.05) is 5.25 Å². The molecule has 0 aromatic carbocycles. The van der Waals surface area contributed by atoms with Gasteiger partial charge in [-0.1, -0.05) is 20.3 Å². The number of hydrogen-bond acceptors (Lipinski definition) is 3. The van der Waals surface area contributed by atoms with Gasteiger partial charge in [-0.3, -0.25) is 4.79 Å². The zero-order valence-corrected chi connectivity index (χ0v) is 12.7. The Hall–Kier alpha value is -0.220. The van der Waals surface area contributed by atoms with Crippen molar-refractivity contribution in [3.8, 4) is 0 Å². The van der Waals surface area contributed by atoms with Crippen molar-refractivity contribution in [2.45, 2.75) is 69.6 Å². The maximum Gasteiger partial charge on any atom is 0.237 e. The fourth-order valence-corrected chi connectivity index (χ4v) is 4.12. The highest BCUT2D eigenvalue weighted by molar-refractivity contribution is 7.99. The molecule has 4 heteroatoms. The summed E-state index contributed by atoms with van der Waals surface area (Å²) >= 11 is 2.03. The van der Waals surface area contributed by atoms with E-state index in [1.807, 2.05) is 11.8 Å². The van der Waals surface area contributed by atoms with E-state index < -0.39 is 5.54 Å². The number of thioether (sulfide) groups is 1. The smallest absolute Gasteiger partial charge is 0.237 e. The molecule has 0 spiro atoms. The number of carbonyl (C=O) groups is 1. The molecule has 0 aliphatic heterocycles. The second-order valence-corrected chi connectivity index (χ2v) is 6.72. The Kier molecular flexibility index (Phi) is 7.08. The van der Waals surface area contributed by atoms with Crippen molar-refractivity contribution in [1.82, 2.24) is 5.32 Å². The molecule has 1 fully saturated rings. The molecule has 18 heavy (non-hydrogen) atoms. The first-order chi connectivity index (χ1) is 8.64. The third-order valence-corrected chi connectivity index (χ3v) is 5.14. The lowest BCUT2D eigenvalue weighted by Crippen LogP contribution is -2.58. The van der Waals surface area contributed by atoms with E-state index in [0.717, 1.165) is 32.2 Å². The van der Waals surface area contributed by atoms with Gasteiger partial charge in [0.2, 0.25) is 5.91 Å². The first-order valence-electron chi connectivity index (χ1n) is 7.31. The predicted molar refractivity (Wildman–Crippen MR) is 79.8 cm³/mol. The largest absolute Gasteiger partial charge is 0.368 e. The second-order valence-electron chi connectivity index (χ2n) is 5.32. The number of amides is 1. The monoisotopic (exact) mass is 272 g/mol. The van der Waals surface area contributed by atoms with Crippen LogP contribution >= 0.6 is 11.8 Å². The molecule has 0 aromatic rings. The minimum absolute atomic E-state index is 0.156. The van der Waals surface area contributed by atoms with Gasteiger partial charge in [0.1, 0.15) is 0 Å². The summed E-state index contributed by atoms with van der Waals surface area (Å²) in [5.41, 5.74) is 5.22. The summed E-state index contributed by atoms with van der Waals surface area (Å²) in [6, 6.07) is 0. The number of nitrogens with one attached hydrogen (secondary N) is 1. The van der Waals surface area contributed by atoms with Crippen LogP contribution in [0.2, 0.25) is 0 Å². The lowest BCUT2D eigenvalue weighted by molar-refractivity contribution is -0.125. The second kappa shape index (κ2) is 8.05. The SMILES string of the molecule is CCCCSC1CCCC(NCCC)(C(N)=O)C1. The molecule has 106 valence electrons. The van der Waals surface area contributed by atoms with Gasteiger partial charge in [-0.25, -0.2) is 0 Å². The van der Waals surface area contributed by atoms with E-state index >= 15 is 0 Å². The van der Waals surface area contributed by atoms with Gasteiger partial charge in [0.05, 0.1) is 5.54 Å².